The molecule has 0 aliphatic heterocycles. The number of aromatic amines is 1. The molecule has 1 aromatic carbocycles. The van der Waals surface area contributed by atoms with Crippen LogP contribution in [0.1, 0.15) is 10.5 Å². The van der Waals surface area contributed by atoms with Gasteiger partial charge in [0.05, 0.1) is 12.8 Å². The van der Waals surface area contributed by atoms with Crippen LogP contribution < -0.4 is 9.64 Å². The third kappa shape index (κ3) is 2.52. The molecule has 6 heteroatoms. The van der Waals surface area contributed by atoms with Crippen molar-refractivity contribution in [1.82, 2.24) is 10.2 Å². The van der Waals surface area contributed by atoms with Gasteiger partial charge in [0.1, 0.15) is 11.4 Å². The van der Waals surface area contributed by atoms with Gasteiger partial charge in [-0.15, -0.1) is 0 Å². The quantitative estimate of drug-likeness (QED) is 0.878. The zero-order valence-electron chi connectivity index (χ0n) is 11.0. The Morgan fingerprint density at radius 1 is 1.37 bits per heavy atom. The molecule has 1 heterocycles. The number of carboxylic acid groups (broad SMARTS) is 1. The van der Waals surface area contributed by atoms with E-state index in [1.54, 1.807) is 7.11 Å². The van der Waals surface area contributed by atoms with Crippen molar-refractivity contribution in [1.29, 1.82) is 0 Å². The second kappa shape index (κ2) is 5.01. The van der Waals surface area contributed by atoms with Gasteiger partial charge in [-0.1, -0.05) is 0 Å². The molecular formula is C13H15N3O3. The van der Waals surface area contributed by atoms with E-state index in [0.717, 1.165) is 11.3 Å². The minimum absolute atomic E-state index is 0.0579. The van der Waals surface area contributed by atoms with Crippen LogP contribution in [0.3, 0.4) is 0 Å². The molecule has 0 aliphatic rings. The van der Waals surface area contributed by atoms with Gasteiger partial charge in [0.25, 0.3) is 0 Å². The molecule has 6 nitrogen and oxygen atoms in total. The third-order valence-electron chi connectivity index (χ3n) is 2.77. The molecule has 100 valence electrons. The average Bonchev–Trinajstić information content (AvgIpc) is 2.87. The highest BCUT2D eigenvalue weighted by molar-refractivity contribution is 5.88. The number of carbonyl (C=O) groups is 1. The first-order chi connectivity index (χ1) is 9.02. The highest BCUT2D eigenvalue weighted by Crippen LogP contribution is 2.32. The molecule has 19 heavy (non-hydrogen) atoms. The van der Waals surface area contributed by atoms with E-state index in [1.807, 2.05) is 37.2 Å². The molecule has 0 atom stereocenters. The van der Waals surface area contributed by atoms with Crippen molar-refractivity contribution in [3.63, 3.8) is 0 Å². The van der Waals surface area contributed by atoms with Crippen LogP contribution in [0.25, 0.3) is 11.3 Å². The summed E-state index contributed by atoms with van der Waals surface area (Å²) >= 11 is 0. The van der Waals surface area contributed by atoms with E-state index in [9.17, 15) is 4.79 Å². The molecule has 0 unspecified atom stereocenters. The summed E-state index contributed by atoms with van der Waals surface area (Å²) in [4.78, 5) is 12.8. The first-order valence-electron chi connectivity index (χ1n) is 5.67. The number of anilines is 1. The van der Waals surface area contributed by atoms with Crippen molar-refractivity contribution in [3.8, 4) is 17.0 Å². The number of nitrogens with zero attached hydrogens (tertiary/aromatic N) is 2. The Morgan fingerprint density at radius 2 is 2.11 bits per heavy atom. The number of ether oxygens (including phenoxy) is 1. The maximum absolute atomic E-state index is 10.9. The Balaban J connectivity index is 2.54. The highest BCUT2D eigenvalue weighted by Gasteiger charge is 2.14. The van der Waals surface area contributed by atoms with E-state index in [-0.39, 0.29) is 5.69 Å². The lowest BCUT2D eigenvalue weighted by Gasteiger charge is -2.17. The summed E-state index contributed by atoms with van der Waals surface area (Å²) in [5, 5.41) is 15.5. The summed E-state index contributed by atoms with van der Waals surface area (Å²) in [5.41, 5.74) is 2.37. The standard InChI is InChI=1S/C13H15N3O3/c1-16(2)12-5-4-8(19-3)6-9(12)10-7-11(13(17)18)15-14-10/h4-7H,1-3H3,(H,14,15)(H,17,18). The van der Waals surface area contributed by atoms with Crippen molar-refractivity contribution in [2.75, 3.05) is 26.1 Å². The van der Waals surface area contributed by atoms with Crippen molar-refractivity contribution in [3.05, 3.63) is 30.0 Å². The minimum atomic E-state index is -1.03. The third-order valence-corrected chi connectivity index (χ3v) is 2.77. The van der Waals surface area contributed by atoms with Gasteiger partial charge in [0.15, 0.2) is 0 Å². The van der Waals surface area contributed by atoms with Crippen LogP contribution in [0.5, 0.6) is 5.75 Å². The fraction of sp³-hybridized carbons (Fsp3) is 0.231. The second-order valence-electron chi connectivity index (χ2n) is 4.25. The van der Waals surface area contributed by atoms with Gasteiger partial charge < -0.3 is 14.7 Å². The lowest BCUT2D eigenvalue weighted by molar-refractivity contribution is 0.0690. The molecule has 0 fully saturated rings. The molecule has 0 saturated carbocycles. The van der Waals surface area contributed by atoms with Gasteiger partial charge in [-0.2, -0.15) is 5.10 Å². The van der Waals surface area contributed by atoms with Gasteiger partial charge in [-0.3, -0.25) is 5.10 Å². The number of rotatable bonds is 4. The Kier molecular flexibility index (Phi) is 3.41. The SMILES string of the molecule is COc1ccc(N(C)C)c(-c2cc(C(=O)O)[nH]n2)c1. The molecule has 2 N–H and O–H groups in total. The molecule has 0 amide bonds. The number of carboxylic acids is 1. The minimum Gasteiger partial charge on any atom is -0.497 e. The number of methoxy groups -OCH3 is 1. The molecular weight excluding hydrogens is 246 g/mol. The first-order valence-corrected chi connectivity index (χ1v) is 5.67. The van der Waals surface area contributed by atoms with Crippen molar-refractivity contribution < 1.29 is 14.6 Å². The van der Waals surface area contributed by atoms with Gasteiger partial charge in [-0.25, -0.2) is 4.79 Å². The van der Waals surface area contributed by atoms with E-state index >= 15 is 0 Å². The van der Waals surface area contributed by atoms with Gasteiger partial charge in [0, 0.05) is 25.3 Å². The molecule has 0 radical (unpaired) electrons. The van der Waals surface area contributed by atoms with E-state index in [4.69, 9.17) is 9.84 Å². The molecule has 1 aromatic heterocycles. The Hall–Kier alpha value is -2.50. The lowest BCUT2D eigenvalue weighted by Crippen LogP contribution is -2.10. The molecule has 0 bridgehead atoms. The largest absolute Gasteiger partial charge is 0.497 e. The molecule has 0 spiro atoms. The summed E-state index contributed by atoms with van der Waals surface area (Å²) in [5.74, 6) is -0.339. The van der Waals surface area contributed by atoms with Gasteiger partial charge >= 0.3 is 5.97 Å². The summed E-state index contributed by atoms with van der Waals surface area (Å²) in [6.07, 6.45) is 0. The van der Waals surface area contributed by atoms with Gasteiger partial charge in [0.2, 0.25) is 0 Å². The summed E-state index contributed by atoms with van der Waals surface area (Å²) in [7, 11) is 5.41. The van der Waals surface area contributed by atoms with Crippen LogP contribution >= 0.6 is 0 Å². The Morgan fingerprint density at radius 3 is 2.63 bits per heavy atom. The van der Waals surface area contributed by atoms with E-state index in [0.29, 0.717) is 11.4 Å². The number of hydrogen-bond donors (Lipinski definition) is 2. The average molecular weight is 261 g/mol. The number of benzene rings is 1. The van der Waals surface area contributed by atoms with Crippen LogP contribution in [0.4, 0.5) is 5.69 Å². The smallest absolute Gasteiger partial charge is 0.353 e. The second-order valence-corrected chi connectivity index (χ2v) is 4.25. The lowest BCUT2D eigenvalue weighted by atomic mass is 10.1. The first kappa shape index (κ1) is 12.9. The van der Waals surface area contributed by atoms with Gasteiger partial charge in [-0.05, 0) is 24.3 Å². The fourth-order valence-electron chi connectivity index (χ4n) is 1.81. The number of nitrogens with one attached hydrogen (secondary N) is 1. The van der Waals surface area contributed by atoms with Crippen LogP contribution in [0.2, 0.25) is 0 Å². The van der Waals surface area contributed by atoms with Crippen LogP contribution in [-0.4, -0.2) is 42.5 Å². The number of aromatic carboxylic acids is 1. The molecule has 2 rings (SSSR count). The fourth-order valence-corrected chi connectivity index (χ4v) is 1.81. The maximum atomic E-state index is 10.9. The van der Waals surface area contributed by atoms with Crippen molar-refractivity contribution in [2.24, 2.45) is 0 Å². The predicted octanol–water partition coefficient (Wildman–Crippen LogP) is 1.85. The monoisotopic (exact) mass is 261 g/mol. The summed E-state index contributed by atoms with van der Waals surface area (Å²) in [6.45, 7) is 0. The number of aromatic nitrogens is 2. The molecule has 0 saturated heterocycles. The Bertz CT molecular complexity index is 605. The molecule has 2 aromatic rings. The highest BCUT2D eigenvalue weighted by atomic mass is 16.5. The zero-order chi connectivity index (χ0) is 14.0. The number of H-pyrrole nitrogens is 1. The maximum Gasteiger partial charge on any atom is 0.353 e. The Labute approximate surface area is 110 Å². The number of hydrogen-bond acceptors (Lipinski definition) is 4. The summed E-state index contributed by atoms with van der Waals surface area (Å²) in [6, 6.07) is 7.09. The van der Waals surface area contributed by atoms with Crippen molar-refractivity contribution >= 4 is 11.7 Å². The summed E-state index contributed by atoms with van der Waals surface area (Å²) < 4.78 is 5.19. The zero-order valence-corrected chi connectivity index (χ0v) is 11.0. The van der Waals surface area contributed by atoms with E-state index in [2.05, 4.69) is 10.2 Å². The van der Waals surface area contributed by atoms with Crippen LogP contribution in [0.15, 0.2) is 24.3 Å². The molecule has 0 aliphatic carbocycles. The van der Waals surface area contributed by atoms with Crippen molar-refractivity contribution in [2.45, 2.75) is 0 Å². The normalized spacial score (nSPS) is 10.3. The van der Waals surface area contributed by atoms with E-state index < -0.39 is 5.97 Å². The van der Waals surface area contributed by atoms with Crippen LogP contribution in [0, 0.1) is 0 Å². The predicted molar refractivity (Wildman–Crippen MR) is 71.9 cm³/mol. The topological polar surface area (TPSA) is 78.5 Å². The van der Waals surface area contributed by atoms with Crippen LogP contribution in [-0.2, 0) is 0 Å². The van der Waals surface area contributed by atoms with E-state index in [1.165, 1.54) is 6.07 Å².